The van der Waals surface area contributed by atoms with Crippen LogP contribution < -0.4 is 5.32 Å². The Bertz CT molecular complexity index is 349. The third kappa shape index (κ3) is 3.35. The summed E-state index contributed by atoms with van der Waals surface area (Å²) in [6.45, 7) is 4.37. The van der Waals surface area contributed by atoms with E-state index in [0.29, 0.717) is 17.7 Å². The standard InChI is InChI=1S/C12H16FNO/c1-3-4-7-14-12(15)10-6-5-9(2)11(13)8-10/h5-6,8H,3-4,7H2,1-2H3,(H,14,15). The molecule has 0 spiro atoms. The van der Waals surface area contributed by atoms with Gasteiger partial charge in [0.05, 0.1) is 0 Å². The van der Waals surface area contributed by atoms with Crippen molar-refractivity contribution in [3.8, 4) is 0 Å². The van der Waals surface area contributed by atoms with Gasteiger partial charge in [0.2, 0.25) is 0 Å². The minimum Gasteiger partial charge on any atom is -0.352 e. The highest BCUT2D eigenvalue weighted by Crippen LogP contribution is 2.08. The van der Waals surface area contributed by atoms with Crippen molar-refractivity contribution in [2.75, 3.05) is 6.54 Å². The van der Waals surface area contributed by atoms with E-state index in [1.54, 1.807) is 19.1 Å². The van der Waals surface area contributed by atoms with E-state index >= 15 is 0 Å². The fraction of sp³-hybridized carbons (Fsp3) is 0.417. The Labute approximate surface area is 89.5 Å². The lowest BCUT2D eigenvalue weighted by Crippen LogP contribution is -2.24. The van der Waals surface area contributed by atoms with Crippen molar-refractivity contribution < 1.29 is 9.18 Å². The number of hydrogen-bond donors (Lipinski definition) is 1. The summed E-state index contributed by atoms with van der Waals surface area (Å²) in [6.07, 6.45) is 1.97. The molecule has 0 heterocycles. The van der Waals surface area contributed by atoms with Gasteiger partial charge in [0.1, 0.15) is 5.82 Å². The van der Waals surface area contributed by atoms with Crippen LogP contribution in [0.1, 0.15) is 35.7 Å². The zero-order chi connectivity index (χ0) is 11.3. The Morgan fingerprint density at radius 2 is 2.20 bits per heavy atom. The van der Waals surface area contributed by atoms with Crippen LogP contribution in [0.15, 0.2) is 18.2 Å². The molecule has 1 rings (SSSR count). The minimum atomic E-state index is -0.335. The summed E-state index contributed by atoms with van der Waals surface area (Å²) >= 11 is 0. The predicted molar refractivity (Wildman–Crippen MR) is 58.4 cm³/mol. The van der Waals surface area contributed by atoms with Crippen molar-refractivity contribution in [3.63, 3.8) is 0 Å². The molecule has 2 nitrogen and oxygen atoms in total. The van der Waals surface area contributed by atoms with Crippen LogP contribution in [0.2, 0.25) is 0 Å². The third-order valence-corrected chi connectivity index (χ3v) is 2.25. The second-order valence-corrected chi connectivity index (χ2v) is 3.57. The first-order valence-electron chi connectivity index (χ1n) is 5.19. The number of nitrogens with one attached hydrogen (secondary N) is 1. The van der Waals surface area contributed by atoms with Gasteiger partial charge in [-0.3, -0.25) is 4.79 Å². The number of carbonyl (C=O) groups is 1. The highest BCUT2D eigenvalue weighted by molar-refractivity contribution is 5.94. The maximum atomic E-state index is 13.1. The van der Waals surface area contributed by atoms with Gasteiger partial charge >= 0.3 is 0 Å². The Kier molecular flexibility index (Phi) is 4.28. The molecular weight excluding hydrogens is 193 g/mol. The number of carbonyl (C=O) groups excluding carboxylic acids is 1. The average Bonchev–Trinajstić information content (AvgIpc) is 2.22. The lowest BCUT2D eigenvalue weighted by atomic mass is 10.1. The fourth-order valence-corrected chi connectivity index (χ4v) is 1.21. The first-order valence-corrected chi connectivity index (χ1v) is 5.19. The number of halogens is 1. The van der Waals surface area contributed by atoms with Gasteiger partial charge in [-0.2, -0.15) is 0 Å². The SMILES string of the molecule is CCCCNC(=O)c1ccc(C)c(F)c1. The van der Waals surface area contributed by atoms with Gasteiger partial charge < -0.3 is 5.32 Å². The molecule has 0 radical (unpaired) electrons. The second-order valence-electron chi connectivity index (χ2n) is 3.57. The molecule has 0 bridgehead atoms. The Hall–Kier alpha value is -1.38. The quantitative estimate of drug-likeness (QED) is 0.759. The molecule has 15 heavy (non-hydrogen) atoms. The first-order chi connectivity index (χ1) is 7.15. The summed E-state index contributed by atoms with van der Waals surface area (Å²) in [6, 6.07) is 4.53. The maximum Gasteiger partial charge on any atom is 0.251 e. The van der Waals surface area contributed by atoms with Crippen molar-refractivity contribution in [3.05, 3.63) is 35.1 Å². The molecular formula is C12H16FNO. The number of aryl methyl sites for hydroxylation is 1. The highest BCUT2D eigenvalue weighted by Gasteiger charge is 2.06. The van der Waals surface area contributed by atoms with Crippen LogP contribution in [0.25, 0.3) is 0 Å². The van der Waals surface area contributed by atoms with E-state index in [2.05, 4.69) is 12.2 Å². The summed E-state index contributed by atoms with van der Waals surface area (Å²) in [5.41, 5.74) is 0.939. The number of unbranched alkanes of at least 4 members (excludes halogenated alkanes) is 1. The molecule has 1 aromatic carbocycles. The van der Waals surface area contributed by atoms with E-state index in [9.17, 15) is 9.18 Å². The van der Waals surface area contributed by atoms with Crippen molar-refractivity contribution in [1.29, 1.82) is 0 Å². The van der Waals surface area contributed by atoms with E-state index in [4.69, 9.17) is 0 Å². The van der Waals surface area contributed by atoms with Crippen LogP contribution in [0.5, 0.6) is 0 Å². The Balaban J connectivity index is 2.62. The molecule has 0 atom stereocenters. The van der Waals surface area contributed by atoms with Gasteiger partial charge in [-0.25, -0.2) is 4.39 Å². The van der Waals surface area contributed by atoms with Gasteiger partial charge in [0.15, 0.2) is 0 Å². The van der Waals surface area contributed by atoms with Gasteiger partial charge in [-0.1, -0.05) is 19.4 Å². The summed E-state index contributed by atoms with van der Waals surface area (Å²) < 4.78 is 13.1. The minimum absolute atomic E-state index is 0.206. The molecule has 1 aromatic rings. The second kappa shape index (κ2) is 5.49. The molecule has 1 N–H and O–H groups in total. The lowest BCUT2D eigenvalue weighted by molar-refractivity contribution is 0.0952. The van der Waals surface area contributed by atoms with E-state index < -0.39 is 0 Å². The normalized spacial score (nSPS) is 10.1. The molecule has 0 aliphatic heterocycles. The Morgan fingerprint density at radius 1 is 1.47 bits per heavy atom. The Morgan fingerprint density at radius 3 is 2.80 bits per heavy atom. The lowest BCUT2D eigenvalue weighted by Gasteiger charge is -2.05. The molecule has 0 aliphatic carbocycles. The van der Waals surface area contributed by atoms with E-state index in [1.165, 1.54) is 6.07 Å². The van der Waals surface area contributed by atoms with Crippen molar-refractivity contribution >= 4 is 5.91 Å². The van der Waals surface area contributed by atoms with Crippen molar-refractivity contribution in [2.45, 2.75) is 26.7 Å². The molecule has 1 amide bonds. The average molecular weight is 209 g/mol. The van der Waals surface area contributed by atoms with Crippen LogP contribution in [0, 0.1) is 12.7 Å². The number of hydrogen-bond acceptors (Lipinski definition) is 1. The van der Waals surface area contributed by atoms with Crippen LogP contribution in [0.3, 0.4) is 0 Å². The van der Waals surface area contributed by atoms with Gasteiger partial charge in [-0.15, -0.1) is 0 Å². The molecule has 0 saturated carbocycles. The molecule has 0 fully saturated rings. The summed E-state index contributed by atoms with van der Waals surface area (Å²) in [5.74, 6) is -0.541. The monoisotopic (exact) mass is 209 g/mol. The largest absolute Gasteiger partial charge is 0.352 e. The predicted octanol–water partition coefficient (Wildman–Crippen LogP) is 2.66. The van der Waals surface area contributed by atoms with Crippen molar-refractivity contribution in [1.82, 2.24) is 5.32 Å². The van der Waals surface area contributed by atoms with Crippen LogP contribution in [-0.2, 0) is 0 Å². The summed E-state index contributed by atoms with van der Waals surface area (Å²) in [5, 5.41) is 2.74. The number of amides is 1. The van der Waals surface area contributed by atoms with Gasteiger partial charge in [-0.05, 0) is 31.0 Å². The molecule has 82 valence electrons. The maximum absolute atomic E-state index is 13.1. The zero-order valence-electron chi connectivity index (χ0n) is 9.14. The van der Waals surface area contributed by atoms with Crippen molar-refractivity contribution in [2.24, 2.45) is 0 Å². The topological polar surface area (TPSA) is 29.1 Å². The molecule has 0 aromatic heterocycles. The summed E-state index contributed by atoms with van der Waals surface area (Å²) in [4.78, 5) is 11.5. The zero-order valence-corrected chi connectivity index (χ0v) is 9.14. The number of rotatable bonds is 4. The summed E-state index contributed by atoms with van der Waals surface area (Å²) in [7, 11) is 0. The highest BCUT2D eigenvalue weighted by atomic mass is 19.1. The molecule has 3 heteroatoms. The van der Waals surface area contributed by atoms with Gasteiger partial charge in [0.25, 0.3) is 5.91 Å². The van der Waals surface area contributed by atoms with Crippen LogP contribution in [0.4, 0.5) is 4.39 Å². The number of benzene rings is 1. The van der Waals surface area contributed by atoms with Crippen LogP contribution >= 0.6 is 0 Å². The molecule has 0 aliphatic rings. The fourth-order valence-electron chi connectivity index (χ4n) is 1.21. The smallest absolute Gasteiger partial charge is 0.251 e. The molecule has 0 unspecified atom stereocenters. The first kappa shape index (κ1) is 11.7. The molecule has 0 saturated heterocycles. The van der Waals surface area contributed by atoms with E-state index in [1.807, 2.05) is 0 Å². The van der Waals surface area contributed by atoms with Crippen LogP contribution in [-0.4, -0.2) is 12.5 Å². The van der Waals surface area contributed by atoms with E-state index in [0.717, 1.165) is 12.8 Å². The third-order valence-electron chi connectivity index (χ3n) is 2.25. The van der Waals surface area contributed by atoms with Gasteiger partial charge in [0, 0.05) is 12.1 Å². The van der Waals surface area contributed by atoms with E-state index in [-0.39, 0.29) is 11.7 Å².